The van der Waals surface area contributed by atoms with E-state index < -0.39 is 0 Å². The highest BCUT2D eigenvalue weighted by Crippen LogP contribution is 2.11. The summed E-state index contributed by atoms with van der Waals surface area (Å²) in [5, 5.41) is 5.63. The Morgan fingerprint density at radius 1 is 1.21 bits per heavy atom. The summed E-state index contributed by atoms with van der Waals surface area (Å²) >= 11 is 1.40. The Bertz CT molecular complexity index is 710. The molecule has 1 aromatic carbocycles. The van der Waals surface area contributed by atoms with Crippen LogP contribution in [0.3, 0.4) is 0 Å². The lowest BCUT2D eigenvalue weighted by atomic mass is 10.2. The zero-order valence-electron chi connectivity index (χ0n) is 10.0. The van der Waals surface area contributed by atoms with Crippen molar-refractivity contribution in [3.8, 4) is 0 Å². The molecule has 19 heavy (non-hydrogen) atoms. The first-order chi connectivity index (χ1) is 9.33. The molecule has 1 N–H and O–H groups in total. The molecule has 1 amide bonds. The highest BCUT2D eigenvalue weighted by atomic mass is 32.1. The highest BCUT2D eigenvalue weighted by molar-refractivity contribution is 7.07. The average Bonchev–Trinajstić information content (AvgIpc) is 2.99. The van der Waals surface area contributed by atoms with Crippen molar-refractivity contribution in [2.45, 2.75) is 6.54 Å². The number of carbonyl (C=O) groups is 1. The number of hydrogen-bond donors (Lipinski definition) is 1. The zero-order chi connectivity index (χ0) is 13.1. The van der Waals surface area contributed by atoms with Gasteiger partial charge in [0, 0.05) is 10.8 Å². The van der Waals surface area contributed by atoms with Gasteiger partial charge in [-0.25, -0.2) is 4.98 Å². The predicted molar refractivity (Wildman–Crippen MR) is 75.0 cm³/mol. The predicted octanol–water partition coefficient (Wildman–Crippen LogP) is 2.62. The first-order valence-corrected chi connectivity index (χ1v) is 6.78. The summed E-state index contributed by atoms with van der Waals surface area (Å²) in [6.07, 6.45) is 0. The number of aromatic nitrogens is 2. The Morgan fingerprint density at radius 2 is 2.11 bits per heavy atom. The van der Waals surface area contributed by atoms with Crippen molar-refractivity contribution in [3.63, 3.8) is 0 Å². The van der Waals surface area contributed by atoms with Crippen LogP contribution in [0.1, 0.15) is 16.2 Å². The summed E-state index contributed by atoms with van der Waals surface area (Å²) in [4.78, 5) is 20.2. The lowest BCUT2D eigenvalue weighted by Crippen LogP contribution is -2.23. The molecule has 0 unspecified atom stereocenters. The second-order valence-electron chi connectivity index (χ2n) is 4.05. The van der Waals surface area contributed by atoms with E-state index in [0.717, 1.165) is 16.6 Å². The quantitative estimate of drug-likeness (QED) is 0.795. The maximum absolute atomic E-state index is 11.7. The smallest absolute Gasteiger partial charge is 0.271 e. The molecular formula is C14H11N3OS. The first kappa shape index (κ1) is 11.8. The molecule has 3 aromatic rings. The number of nitrogens with one attached hydrogen (secondary N) is 1. The maximum atomic E-state index is 11.7. The van der Waals surface area contributed by atoms with E-state index in [1.807, 2.05) is 36.4 Å². The van der Waals surface area contributed by atoms with Gasteiger partial charge in [0.05, 0.1) is 23.3 Å². The topological polar surface area (TPSA) is 54.9 Å². The molecule has 0 spiro atoms. The maximum Gasteiger partial charge on any atom is 0.271 e. The van der Waals surface area contributed by atoms with Crippen molar-refractivity contribution in [2.75, 3.05) is 0 Å². The summed E-state index contributed by atoms with van der Waals surface area (Å²) in [6, 6.07) is 11.8. The van der Waals surface area contributed by atoms with Gasteiger partial charge in [0.2, 0.25) is 0 Å². The van der Waals surface area contributed by atoms with Crippen LogP contribution in [0.4, 0.5) is 0 Å². The molecule has 94 valence electrons. The molecule has 5 heteroatoms. The van der Waals surface area contributed by atoms with Crippen molar-refractivity contribution in [2.24, 2.45) is 0 Å². The molecular weight excluding hydrogens is 258 g/mol. The van der Waals surface area contributed by atoms with Crippen LogP contribution < -0.4 is 5.32 Å². The van der Waals surface area contributed by atoms with Crippen LogP contribution in [-0.2, 0) is 6.54 Å². The molecule has 0 atom stereocenters. The Morgan fingerprint density at radius 3 is 2.95 bits per heavy atom. The highest BCUT2D eigenvalue weighted by Gasteiger charge is 2.07. The monoisotopic (exact) mass is 269 g/mol. The fraction of sp³-hybridized carbons (Fsp3) is 0.0714. The van der Waals surface area contributed by atoms with Gasteiger partial charge in [-0.1, -0.05) is 24.3 Å². The molecule has 4 nitrogen and oxygen atoms in total. The van der Waals surface area contributed by atoms with Gasteiger partial charge in [-0.05, 0) is 12.1 Å². The van der Waals surface area contributed by atoms with Crippen LogP contribution in [0.25, 0.3) is 10.9 Å². The zero-order valence-corrected chi connectivity index (χ0v) is 10.9. The number of pyridine rings is 1. The number of thiazole rings is 1. The molecule has 0 aliphatic rings. The number of fused-ring (bicyclic) bond motifs is 1. The molecule has 0 saturated carbocycles. The van der Waals surface area contributed by atoms with Crippen LogP contribution in [0.2, 0.25) is 0 Å². The number of benzene rings is 1. The van der Waals surface area contributed by atoms with Gasteiger partial charge < -0.3 is 5.32 Å². The summed E-state index contributed by atoms with van der Waals surface area (Å²) in [5.41, 5.74) is 3.86. The second kappa shape index (κ2) is 5.16. The minimum Gasteiger partial charge on any atom is -0.345 e. The standard InChI is InChI=1S/C14H11N3OS/c18-14(13-8-19-9-16-13)15-7-11-6-5-10-3-1-2-4-12(10)17-11/h1-6,8-9H,7H2,(H,15,18). The third-order valence-corrected chi connectivity index (χ3v) is 3.34. The molecule has 0 saturated heterocycles. The van der Waals surface area contributed by atoms with Gasteiger partial charge >= 0.3 is 0 Å². The van der Waals surface area contributed by atoms with E-state index in [2.05, 4.69) is 15.3 Å². The van der Waals surface area contributed by atoms with Crippen molar-refractivity contribution < 1.29 is 4.79 Å². The van der Waals surface area contributed by atoms with Crippen molar-refractivity contribution >= 4 is 28.1 Å². The minimum atomic E-state index is -0.170. The van der Waals surface area contributed by atoms with Crippen molar-refractivity contribution in [3.05, 3.63) is 58.7 Å². The SMILES string of the molecule is O=C(NCc1ccc2ccccc2n1)c1cscn1. The second-order valence-corrected chi connectivity index (χ2v) is 4.77. The minimum absolute atomic E-state index is 0.170. The van der Waals surface area contributed by atoms with Crippen molar-refractivity contribution in [1.29, 1.82) is 0 Å². The Kier molecular flexibility index (Phi) is 3.20. The molecule has 0 bridgehead atoms. The van der Waals surface area contributed by atoms with Crippen LogP contribution in [0.5, 0.6) is 0 Å². The normalized spacial score (nSPS) is 10.5. The third kappa shape index (κ3) is 2.61. The van der Waals surface area contributed by atoms with E-state index in [1.165, 1.54) is 11.3 Å². The van der Waals surface area contributed by atoms with E-state index in [4.69, 9.17) is 0 Å². The van der Waals surface area contributed by atoms with Crippen LogP contribution in [0.15, 0.2) is 47.3 Å². The van der Waals surface area contributed by atoms with Gasteiger partial charge in [0.1, 0.15) is 5.69 Å². The fourth-order valence-electron chi connectivity index (χ4n) is 1.79. The number of carbonyl (C=O) groups excluding carboxylic acids is 1. The Labute approximate surface area is 114 Å². The Hall–Kier alpha value is -2.27. The molecule has 0 radical (unpaired) electrons. The number of rotatable bonds is 3. The lowest BCUT2D eigenvalue weighted by Gasteiger charge is -2.04. The summed E-state index contributed by atoms with van der Waals surface area (Å²) in [7, 11) is 0. The molecule has 2 heterocycles. The van der Waals surface area contributed by atoms with Gasteiger partial charge in [0.15, 0.2) is 0 Å². The van der Waals surface area contributed by atoms with Gasteiger partial charge in [-0.2, -0.15) is 0 Å². The van der Waals surface area contributed by atoms with Crippen LogP contribution >= 0.6 is 11.3 Å². The van der Waals surface area contributed by atoms with E-state index in [1.54, 1.807) is 10.9 Å². The third-order valence-electron chi connectivity index (χ3n) is 2.75. The van der Waals surface area contributed by atoms with E-state index in [-0.39, 0.29) is 5.91 Å². The van der Waals surface area contributed by atoms with E-state index >= 15 is 0 Å². The first-order valence-electron chi connectivity index (χ1n) is 5.84. The van der Waals surface area contributed by atoms with Crippen molar-refractivity contribution in [1.82, 2.24) is 15.3 Å². The lowest BCUT2D eigenvalue weighted by molar-refractivity contribution is 0.0946. The van der Waals surface area contributed by atoms with Gasteiger partial charge in [-0.15, -0.1) is 11.3 Å². The molecule has 0 aliphatic heterocycles. The summed E-state index contributed by atoms with van der Waals surface area (Å²) < 4.78 is 0. The van der Waals surface area contributed by atoms with Crippen LogP contribution in [-0.4, -0.2) is 15.9 Å². The number of nitrogens with zero attached hydrogens (tertiary/aromatic N) is 2. The largest absolute Gasteiger partial charge is 0.345 e. The molecule has 0 fully saturated rings. The number of para-hydroxylation sites is 1. The average molecular weight is 269 g/mol. The Balaban J connectivity index is 1.73. The van der Waals surface area contributed by atoms with E-state index in [9.17, 15) is 4.79 Å². The van der Waals surface area contributed by atoms with Gasteiger partial charge in [0.25, 0.3) is 5.91 Å². The van der Waals surface area contributed by atoms with Crippen LogP contribution in [0, 0.1) is 0 Å². The number of amides is 1. The number of hydrogen-bond acceptors (Lipinski definition) is 4. The van der Waals surface area contributed by atoms with E-state index in [0.29, 0.717) is 12.2 Å². The summed E-state index contributed by atoms with van der Waals surface area (Å²) in [5.74, 6) is -0.170. The van der Waals surface area contributed by atoms with Gasteiger partial charge in [-0.3, -0.25) is 9.78 Å². The molecule has 0 aliphatic carbocycles. The molecule has 2 aromatic heterocycles. The fourth-order valence-corrected chi connectivity index (χ4v) is 2.32. The molecule has 3 rings (SSSR count). The summed E-state index contributed by atoms with van der Waals surface area (Å²) in [6.45, 7) is 0.404.